The van der Waals surface area contributed by atoms with Crippen LogP contribution in [-0.2, 0) is 17.6 Å². The van der Waals surface area contributed by atoms with Crippen LogP contribution in [0.5, 0.6) is 0 Å². The highest BCUT2D eigenvalue weighted by Crippen LogP contribution is 2.24. The normalized spacial score (nSPS) is 13.3. The van der Waals surface area contributed by atoms with E-state index in [-0.39, 0.29) is 5.91 Å². The summed E-state index contributed by atoms with van der Waals surface area (Å²) in [6.07, 6.45) is 3.64. The van der Waals surface area contributed by atoms with Crippen LogP contribution in [0.3, 0.4) is 0 Å². The Kier molecular flexibility index (Phi) is 3.67. The molecule has 0 bridgehead atoms. The van der Waals surface area contributed by atoms with Gasteiger partial charge >= 0.3 is 0 Å². The van der Waals surface area contributed by atoms with Crippen LogP contribution in [0.1, 0.15) is 24.5 Å². The van der Waals surface area contributed by atoms with Crippen LogP contribution in [0, 0.1) is 0 Å². The molecule has 1 aliphatic rings. The summed E-state index contributed by atoms with van der Waals surface area (Å²) in [6, 6.07) is 6.43. The number of rotatable bonds is 4. The molecule has 1 aliphatic carbocycles. The van der Waals surface area contributed by atoms with Gasteiger partial charge in [0.25, 0.3) is 0 Å². The molecule has 0 aliphatic heterocycles. The number of nitrogens with one attached hydrogen (secondary N) is 1. The van der Waals surface area contributed by atoms with Gasteiger partial charge in [-0.15, -0.1) is 0 Å². The van der Waals surface area contributed by atoms with E-state index in [1.807, 2.05) is 14.0 Å². The summed E-state index contributed by atoms with van der Waals surface area (Å²) in [5.41, 5.74) is 3.96. The third kappa shape index (κ3) is 2.78. The Labute approximate surface area is 103 Å². The van der Waals surface area contributed by atoms with Gasteiger partial charge in [0.2, 0.25) is 5.91 Å². The summed E-state index contributed by atoms with van der Waals surface area (Å²) in [6.45, 7) is 3.11. The van der Waals surface area contributed by atoms with Gasteiger partial charge in [0.15, 0.2) is 0 Å². The van der Waals surface area contributed by atoms with Gasteiger partial charge in [-0.3, -0.25) is 4.79 Å². The Balaban J connectivity index is 1.93. The summed E-state index contributed by atoms with van der Waals surface area (Å²) in [4.78, 5) is 13.4. The first-order chi connectivity index (χ1) is 8.20. The largest absolute Gasteiger partial charge is 0.376 e. The molecule has 92 valence electrons. The molecule has 2 rings (SSSR count). The lowest BCUT2D eigenvalue weighted by atomic mass is 10.1. The second kappa shape index (κ2) is 5.21. The first kappa shape index (κ1) is 12.0. The molecule has 0 saturated heterocycles. The number of amides is 1. The van der Waals surface area contributed by atoms with Gasteiger partial charge in [0.05, 0.1) is 6.54 Å². The van der Waals surface area contributed by atoms with Crippen molar-refractivity contribution in [3.05, 3.63) is 29.3 Å². The average Bonchev–Trinajstić information content (AvgIpc) is 2.82. The fraction of sp³-hybridized carbons (Fsp3) is 0.500. The van der Waals surface area contributed by atoms with E-state index < -0.39 is 0 Å². The first-order valence-electron chi connectivity index (χ1n) is 6.30. The molecule has 1 amide bonds. The topological polar surface area (TPSA) is 32.3 Å². The highest BCUT2D eigenvalue weighted by Gasteiger charge is 2.11. The predicted molar refractivity (Wildman–Crippen MR) is 70.3 cm³/mol. The van der Waals surface area contributed by atoms with Crippen LogP contribution >= 0.6 is 0 Å². The minimum absolute atomic E-state index is 0.132. The monoisotopic (exact) mass is 232 g/mol. The van der Waals surface area contributed by atoms with E-state index >= 15 is 0 Å². The second-order valence-corrected chi connectivity index (χ2v) is 4.60. The third-order valence-corrected chi connectivity index (χ3v) is 3.44. The molecule has 0 radical (unpaired) electrons. The van der Waals surface area contributed by atoms with Gasteiger partial charge in [0.1, 0.15) is 0 Å². The maximum Gasteiger partial charge on any atom is 0.241 e. The van der Waals surface area contributed by atoms with E-state index in [0.29, 0.717) is 6.54 Å². The molecule has 0 unspecified atom stereocenters. The van der Waals surface area contributed by atoms with Crippen molar-refractivity contribution in [2.75, 3.05) is 25.5 Å². The average molecular weight is 232 g/mol. The number of benzene rings is 1. The lowest BCUT2D eigenvalue weighted by Crippen LogP contribution is -2.31. The summed E-state index contributed by atoms with van der Waals surface area (Å²) in [7, 11) is 1.83. The van der Waals surface area contributed by atoms with Gasteiger partial charge in [-0.05, 0) is 49.4 Å². The van der Waals surface area contributed by atoms with Crippen molar-refractivity contribution in [1.82, 2.24) is 4.90 Å². The number of aryl methyl sites for hydroxylation is 2. The number of carbonyl (C=O) groups is 1. The van der Waals surface area contributed by atoms with E-state index in [4.69, 9.17) is 0 Å². The van der Waals surface area contributed by atoms with Gasteiger partial charge < -0.3 is 10.2 Å². The molecule has 17 heavy (non-hydrogen) atoms. The zero-order valence-corrected chi connectivity index (χ0v) is 10.6. The number of hydrogen-bond donors (Lipinski definition) is 1. The molecular formula is C14H20N2O. The quantitative estimate of drug-likeness (QED) is 0.862. The summed E-state index contributed by atoms with van der Waals surface area (Å²) in [5, 5.41) is 3.20. The summed E-state index contributed by atoms with van der Waals surface area (Å²) in [5.74, 6) is 0.132. The number of nitrogens with zero attached hydrogens (tertiary/aromatic N) is 1. The maximum absolute atomic E-state index is 11.6. The van der Waals surface area contributed by atoms with Gasteiger partial charge in [-0.25, -0.2) is 0 Å². The molecule has 3 heteroatoms. The number of likely N-dealkylation sites (N-methyl/N-ethyl adjacent to an activating group) is 1. The molecule has 1 N–H and O–H groups in total. The highest BCUT2D eigenvalue weighted by atomic mass is 16.2. The smallest absolute Gasteiger partial charge is 0.241 e. The van der Waals surface area contributed by atoms with Gasteiger partial charge in [-0.2, -0.15) is 0 Å². The predicted octanol–water partition coefficient (Wildman–Crippen LogP) is 2.07. The van der Waals surface area contributed by atoms with Crippen molar-refractivity contribution in [3.8, 4) is 0 Å². The van der Waals surface area contributed by atoms with Crippen LogP contribution in [-0.4, -0.2) is 30.9 Å². The van der Waals surface area contributed by atoms with Crippen molar-refractivity contribution in [1.29, 1.82) is 0 Å². The van der Waals surface area contributed by atoms with Crippen LogP contribution < -0.4 is 5.32 Å². The first-order valence-corrected chi connectivity index (χ1v) is 6.30. The van der Waals surface area contributed by atoms with E-state index in [0.717, 1.165) is 12.2 Å². The van der Waals surface area contributed by atoms with E-state index in [1.165, 1.54) is 30.4 Å². The third-order valence-electron chi connectivity index (χ3n) is 3.44. The van der Waals surface area contributed by atoms with E-state index in [1.54, 1.807) is 4.90 Å². The molecule has 0 heterocycles. The van der Waals surface area contributed by atoms with Crippen molar-refractivity contribution >= 4 is 11.6 Å². The Morgan fingerprint density at radius 2 is 2.12 bits per heavy atom. The SMILES string of the molecule is CCN(C)C(=O)CNc1ccc2c(c1)CCC2. The highest BCUT2D eigenvalue weighted by molar-refractivity contribution is 5.80. The van der Waals surface area contributed by atoms with Crippen molar-refractivity contribution in [3.63, 3.8) is 0 Å². The molecule has 0 saturated carbocycles. The van der Waals surface area contributed by atoms with Crippen molar-refractivity contribution < 1.29 is 4.79 Å². The van der Waals surface area contributed by atoms with Crippen LogP contribution in [0.25, 0.3) is 0 Å². The van der Waals surface area contributed by atoms with Crippen LogP contribution in [0.4, 0.5) is 5.69 Å². The molecule has 1 aromatic rings. The number of anilines is 1. The molecule has 0 atom stereocenters. The fourth-order valence-electron chi connectivity index (χ4n) is 2.17. The van der Waals surface area contributed by atoms with Crippen LogP contribution in [0.15, 0.2) is 18.2 Å². The van der Waals surface area contributed by atoms with E-state index in [2.05, 4.69) is 23.5 Å². The number of hydrogen-bond acceptors (Lipinski definition) is 2. The molecule has 1 aromatic carbocycles. The Morgan fingerprint density at radius 3 is 2.88 bits per heavy atom. The molecule has 0 fully saturated rings. The van der Waals surface area contributed by atoms with Crippen LogP contribution in [0.2, 0.25) is 0 Å². The maximum atomic E-state index is 11.6. The molecule has 3 nitrogen and oxygen atoms in total. The number of carbonyl (C=O) groups excluding carboxylic acids is 1. The second-order valence-electron chi connectivity index (χ2n) is 4.60. The lowest BCUT2D eigenvalue weighted by molar-refractivity contribution is -0.127. The number of fused-ring (bicyclic) bond motifs is 1. The minimum atomic E-state index is 0.132. The fourth-order valence-corrected chi connectivity index (χ4v) is 2.17. The Bertz CT molecular complexity index is 415. The molecular weight excluding hydrogens is 212 g/mol. The Hall–Kier alpha value is -1.51. The molecule has 0 spiro atoms. The van der Waals surface area contributed by atoms with Gasteiger partial charge in [-0.1, -0.05) is 6.07 Å². The van der Waals surface area contributed by atoms with Crippen molar-refractivity contribution in [2.24, 2.45) is 0 Å². The van der Waals surface area contributed by atoms with Crippen molar-refractivity contribution in [2.45, 2.75) is 26.2 Å². The van der Waals surface area contributed by atoms with Gasteiger partial charge in [0, 0.05) is 19.3 Å². The summed E-state index contributed by atoms with van der Waals surface area (Å²) < 4.78 is 0. The minimum Gasteiger partial charge on any atom is -0.376 e. The zero-order chi connectivity index (χ0) is 12.3. The Morgan fingerprint density at radius 1 is 1.35 bits per heavy atom. The zero-order valence-electron chi connectivity index (χ0n) is 10.6. The van der Waals surface area contributed by atoms with E-state index in [9.17, 15) is 4.79 Å². The molecule has 0 aromatic heterocycles. The lowest BCUT2D eigenvalue weighted by Gasteiger charge is -2.15. The summed E-state index contributed by atoms with van der Waals surface area (Å²) >= 11 is 0. The standard InChI is InChI=1S/C14H20N2O/c1-3-16(2)14(17)10-15-13-8-7-11-5-4-6-12(11)9-13/h7-9,15H,3-6,10H2,1-2H3.